The van der Waals surface area contributed by atoms with E-state index in [2.05, 4.69) is 15.1 Å². The Bertz CT molecular complexity index is 1030. The number of nitrogens with one attached hydrogen (secondary N) is 1. The van der Waals surface area contributed by atoms with Crippen LogP contribution >= 0.6 is 0 Å². The van der Waals surface area contributed by atoms with Crippen LogP contribution in [-0.4, -0.2) is 23.3 Å². The summed E-state index contributed by atoms with van der Waals surface area (Å²) in [7, 11) is 1.99. The van der Waals surface area contributed by atoms with Gasteiger partial charge < -0.3 is 9.30 Å². The SMILES string of the molecule is Cc1c(/C=N/NC(=O)COc2ccccc2C#N)c2ccccc2n1C. The smallest absolute Gasteiger partial charge is 0.277 e. The minimum absolute atomic E-state index is 0.218. The van der Waals surface area contributed by atoms with Crippen molar-refractivity contribution in [3.63, 3.8) is 0 Å². The second kappa shape index (κ2) is 7.53. The highest BCUT2D eigenvalue weighted by atomic mass is 16.5. The number of nitrogens with zero attached hydrogens (tertiary/aromatic N) is 3. The molecule has 3 aromatic rings. The van der Waals surface area contributed by atoms with E-state index in [-0.39, 0.29) is 6.61 Å². The predicted octanol–water partition coefficient (Wildman–Crippen LogP) is 2.89. The summed E-state index contributed by atoms with van der Waals surface area (Å²) in [5, 5.41) is 14.1. The molecule has 1 amide bonds. The van der Waals surface area contributed by atoms with Gasteiger partial charge in [-0.25, -0.2) is 5.43 Å². The third kappa shape index (κ3) is 3.42. The average Bonchev–Trinajstić information content (AvgIpc) is 2.91. The fraction of sp³-hybridized carbons (Fsp3) is 0.150. The molecule has 1 heterocycles. The number of hydrazone groups is 1. The van der Waals surface area contributed by atoms with E-state index in [1.165, 1.54) is 0 Å². The number of carbonyl (C=O) groups is 1. The molecule has 1 N–H and O–H groups in total. The number of rotatable bonds is 5. The van der Waals surface area contributed by atoms with Crippen molar-refractivity contribution in [2.45, 2.75) is 6.92 Å². The lowest BCUT2D eigenvalue weighted by molar-refractivity contribution is -0.123. The third-order valence-electron chi connectivity index (χ3n) is 4.20. The highest BCUT2D eigenvalue weighted by Gasteiger charge is 2.10. The Morgan fingerprint density at radius 2 is 2.00 bits per heavy atom. The van der Waals surface area contributed by atoms with Gasteiger partial charge in [-0.3, -0.25) is 4.79 Å². The minimum atomic E-state index is -0.396. The van der Waals surface area contributed by atoms with Crippen molar-refractivity contribution in [2.75, 3.05) is 6.61 Å². The maximum Gasteiger partial charge on any atom is 0.277 e. The van der Waals surface area contributed by atoms with Gasteiger partial charge in [0.1, 0.15) is 11.8 Å². The Labute approximate surface area is 151 Å². The second-order valence-electron chi connectivity index (χ2n) is 5.77. The minimum Gasteiger partial charge on any atom is -0.482 e. The summed E-state index contributed by atoms with van der Waals surface area (Å²) in [5.74, 6) is -0.0223. The van der Waals surface area contributed by atoms with Crippen molar-refractivity contribution < 1.29 is 9.53 Å². The lowest BCUT2D eigenvalue weighted by Crippen LogP contribution is -2.24. The summed E-state index contributed by atoms with van der Waals surface area (Å²) in [4.78, 5) is 11.9. The van der Waals surface area contributed by atoms with E-state index >= 15 is 0 Å². The van der Waals surface area contributed by atoms with Crippen molar-refractivity contribution in [1.29, 1.82) is 5.26 Å². The summed E-state index contributed by atoms with van der Waals surface area (Å²) < 4.78 is 7.46. The van der Waals surface area contributed by atoms with Gasteiger partial charge in [-0.05, 0) is 25.1 Å². The molecular formula is C20H18N4O2. The number of amides is 1. The van der Waals surface area contributed by atoms with Crippen LogP contribution in [0.2, 0.25) is 0 Å². The summed E-state index contributed by atoms with van der Waals surface area (Å²) in [5.41, 5.74) is 5.96. The van der Waals surface area contributed by atoms with E-state index in [0.29, 0.717) is 11.3 Å². The van der Waals surface area contributed by atoms with Crippen LogP contribution in [0.4, 0.5) is 0 Å². The molecule has 3 rings (SSSR count). The van der Waals surface area contributed by atoms with Gasteiger partial charge in [0, 0.05) is 29.2 Å². The van der Waals surface area contributed by atoms with Crippen LogP contribution in [0.15, 0.2) is 53.6 Å². The molecule has 1 aromatic heterocycles. The molecule has 0 aliphatic heterocycles. The number of fused-ring (bicyclic) bond motifs is 1. The molecule has 0 unspecified atom stereocenters. The van der Waals surface area contributed by atoms with Gasteiger partial charge in [-0.2, -0.15) is 10.4 Å². The van der Waals surface area contributed by atoms with Crippen LogP contribution in [-0.2, 0) is 11.8 Å². The quantitative estimate of drug-likeness (QED) is 0.570. The van der Waals surface area contributed by atoms with Crippen LogP contribution in [0.25, 0.3) is 10.9 Å². The standard InChI is InChI=1S/C20H18N4O2/c1-14-17(16-8-4-5-9-18(16)24(14)2)12-22-23-20(25)13-26-19-10-6-3-7-15(19)11-21/h3-10,12H,13H2,1-2H3,(H,23,25)/b22-12+. The topological polar surface area (TPSA) is 79.4 Å². The molecule has 0 saturated carbocycles. The summed E-state index contributed by atoms with van der Waals surface area (Å²) >= 11 is 0. The fourth-order valence-electron chi connectivity index (χ4n) is 2.74. The Morgan fingerprint density at radius 3 is 2.81 bits per heavy atom. The molecule has 130 valence electrons. The monoisotopic (exact) mass is 346 g/mol. The number of ether oxygens (including phenoxy) is 1. The zero-order valence-electron chi connectivity index (χ0n) is 14.6. The normalized spacial score (nSPS) is 10.8. The number of hydrogen-bond donors (Lipinski definition) is 1. The number of hydrogen-bond acceptors (Lipinski definition) is 4. The average molecular weight is 346 g/mol. The van der Waals surface area contributed by atoms with Gasteiger partial charge >= 0.3 is 0 Å². The fourth-order valence-corrected chi connectivity index (χ4v) is 2.74. The number of benzene rings is 2. The van der Waals surface area contributed by atoms with E-state index in [0.717, 1.165) is 22.2 Å². The highest BCUT2D eigenvalue weighted by molar-refractivity contribution is 6.01. The molecule has 0 fully saturated rings. The third-order valence-corrected chi connectivity index (χ3v) is 4.20. The first-order chi connectivity index (χ1) is 12.6. The first kappa shape index (κ1) is 17.2. The molecule has 0 aliphatic rings. The lowest BCUT2D eigenvalue weighted by Gasteiger charge is -2.06. The van der Waals surface area contributed by atoms with Gasteiger partial charge in [-0.15, -0.1) is 0 Å². The molecule has 6 heteroatoms. The van der Waals surface area contributed by atoms with Crippen molar-refractivity contribution in [3.05, 3.63) is 65.4 Å². The molecule has 0 spiro atoms. The van der Waals surface area contributed by atoms with Crippen LogP contribution < -0.4 is 10.2 Å². The van der Waals surface area contributed by atoms with Gasteiger partial charge in [0.2, 0.25) is 0 Å². The number of nitriles is 1. The molecule has 0 bridgehead atoms. The molecule has 0 aliphatic carbocycles. The summed E-state index contributed by atoms with van der Waals surface area (Å²) in [6, 6.07) is 16.8. The molecule has 26 heavy (non-hydrogen) atoms. The van der Waals surface area contributed by atoms with Crippen LogP contribution in [0, 0.1) is 18.3 Å². The number of carbonyl (C=O) groups excluding carboxylic acids is 1. The number of para-hydroxylation sites is 2. The Balaban J connectivity index is 1.65. The zero-order chi connectivity index (χ0) is 18.5. The number of aromatic nitrogens is 1. The molecule has 6 nitrogen and oxygen atoms in total. The van der Waals surface area contributed by atoms with Crippen LogP contribution in [0.3, 0.4) is 0 Å². The van der Waals surface area contributed by atoms with E-state index in [9.17, 15) is 4.79 Å². The summed E-state index contributed by atoms with van der Waals surface area (Å²) in [6.45, 7) is 1.79. The van der Waals surface area contributed by atoms with E-state index < -0.39 is 5.91 Å². The van der Waals surface area contributed by atoms with Gasteiger partial charge in [0.15, 0.2) is 6.61 Å². The van der Waals surface area contributed by atoms with Crippen molar-refractivity contribution in [3.8, 4) is 11.8 Å². The van der Waals surface area contributed by atoms with Crippen LogP contribution in [0.1, 0.15) is 16.8 Å². The number of aryl methyl sites for hydroxylation is 1. The van der Waals surface area contributed by atoms with E-state index in [1.54, 1.807) is 30.5 Å². The Kier molecular flexibility index (Phi) is 4.99. The molecular weight excluding hydrogens is 328 g/mol. The van der Waals surface area contributed by atoms with Gasteiger partial charge in [-0.1, -0.05) is 30.3 Å². The maximum absolute atomic E-state index is 11.9. The first-order valence-corrected chi connectivity index (χ1v) is 8.09. The van der Waals surface area contributed by atoms with Crippen molar-refractivity contribution in [1.82, 2.24) is 9.99 Å². The van der Waals surface area contributed by atoms with Gasteiger partial charge in [0.25, 0.3) is 5.91 Å². The lowest BCUT2D eigenvalue weighted by atomic mass is 10.1. The van der Waals surface area contributed by atoms with Crippen molar-refractivity contribution in [2.24, 2.45) is 12.1 Å². The maximum atomic E-state index is 11.9. The van der Waals surface area contributed by atoms with Crippen LogP contribution in [0.5, 0.6) is 5.75 Å². The Morgan fingerprint density at radius 1 is 1.27 bits per heavy atom. The largest absolute Gasteiger partial charge is 0.482 e. The van der Waals surface area contributed by atoms with E-state index in [1.807, 2.05) is 44.3 Å². The Hall–Kier alpha value is -3.59. The molecule has 0 saturated heterocycles. The predicted molar refractivity (Wildman–Crippen MR) is 100 cm³/mol. The molecule has 0 atom stereocenters. The summed E-state index contributed by atoms with van der Waals surface area (Å²) in [6.07, 6.45) is 1.64. The zero-order valence-corrected chi connectivity index (χ0v) is 14.6. The van der Waals surface area contributed by atoms with E-state index in [4.69, 9.17) is 10.00 Å². The van der Waals surface area contributed by atoms with Crippen molar-refractivity contribution >= 4 is 23.0 Å². The second-order valence-corrected chi connectivity index (χ2v) is 5.77. The first-order valence-electron chi connectivity index (χ1n) is 8.09. The molecule has 2 aromatic carbocycles. The van der Waals surface area contributed by atoms with Gasteiger partial charge in [0.05, 0.1) is 11.8 Å². The molecule has 0 radical (unpaired) electrons. The highest BCUT2D eigenvalue weighted by Crippen LogP contribution is 2.23.